The maximum Gasteiger partial charge on any atom is 0.338 e. The number of carbonyl (C=O) groups is 1. The number of benzene rings is 3. The molecule has 1 aliphatic heterocycles. The van der Waals surface area contributed by atoms with Gasteiger partial charge in [0.25, 0.3) is 11.2 Å². The lowest BCUT2D eigenvalue weighted by Crippen LogP contribution is -2.39. The molecule has 0 radical (unpaired) electrons. The summed E-state index contributed by atoms with van der Waals surface area (Å²) in [4.78, 5) is 42.5. The van der Waals surface area contributed by atoms with Gasteiger partial charge in [-0.1, -0.05) is 65.9 Å². The second-order valence-electron chi connectivity index (χ2n) is 8.96. The first-order valence-corrected chi connectivity index (χ1v) is 13.4. The number of hydrogen-bond donors (Lipinski definition) is 0. The van der Waals surface area contributed by atoms with E-state index in [9.17, 15) is 19.7 Å². The molecule has 0 aliphatic carbocycles. The number of hydrogen-bond acceptors (Lipinski definition) is 8. The van der Waals surface area contributed by atoms with Crippen LogP contribution in [-0.4, -0.2) is 22.1 Å². The molecule has 1 unspecified atom stereocenters. The minimum atomic E-state index is -0.656. The molecule has 3 aromatic carbocycles. The lowest BCUT2D eigenvalue weighted by Gasteiger charge is -2.24. The fraction of sp³-hybridized carbons (Fsp3) is 0.167. The molecule has 9 nitrogen and oxygen atoms in total. The number of esters is 1. The zero-order valence-electron chi connectivity index (χ0n) is 21.8. The normalized spacial score (nSPS) is 14.8. The first-order chi connectivity index (χ1) is 19.4. The summed E-state index contributed by atoms with van der Waals surface area (Å²) in [6.45, 7) is 3.75. The van der Waals surface area contributed by atoms with E-state index in [-0.39, 0.29) is 24.5 Å². The molecule has 5 rings (SSSR count). The molecule has 4 aromatic rings. The van der Waals surface area contributed by atoms with Crippen LogP contribution in [0.2, 0.25) is 0 Å². The average Bonchev–Trinajstić information content (AvgIpc) is 3.26. The summed E-state index contributed by atoms with van der Waals surface area (Å²) in [5, 5.41) is 11.2. The van der Waals surface area contributed by atoms with Crippen LogP contribution in [0.25, 0.3) is 6.08 Å². The SMILES string of the molecule is CCOC(=O)C1=C(C)N=c2s/c(=C\c3ccc(OCc4ccccc4[N+](=O)[O-])cc3)c(=O)n2C1c1ccccc1. The van der Waals surface area contributed by atoms with Crippen molar-refractivity contribution in [2.24, 2.45) is 4.99 Å². The van der Waals surface area contributed by atoms with E-state index in [1.165, 1.54) is 17.4 Å². The third-order valence-corrected chi connectivity index (χ3v) is 7.38. The van der Waals surface area contributed by atoms with Crippen molar-refractivity contribution in [3.63, 3.8) is 0 Å². The van der Waals surface area contributed by atoms with Crippen molar-refractivity contribution in [3.8, 4) is 5.75 Å². The molecular weight excluding hydrogens is 530 g/mol. The van der Waals surface area contributed by atoms with Crippen molar-refractivity contribution in [2.45, 2.75) is 26.5 Å². The molecule has 0 spiro atoms. The number of nitrogens with zero attached hydrogens (tertiary/aromatic N) is 3. The van der Waals surface area contributed by atoms with E-state index < -0.39 is 16.9 Å². The number of nitro groups is 1. The molecule has 0 amide bonds. The van der Waals surface area contributed by atoms with Gasteiger partial charge in [0, 0.05) is 6.07 Å². The van der Waals surface area contributed by atoms with Crippen LogP contribution in [0.15, 0.2) is 99.9 Å². The maximum absolute atomic E-state index is 13.7. The standard InChI is InChI=1S/C30H25N3O6S/c1-3-38-29(35)26-19(2)31-30-32(27(26)21-9-5-4-6-10-21)28(34)25(40-30)17-20-13-15-23(16-14-20)39-18-22-11-7-8-12-24(22)33(36)37/h4-17,27H,3,18H2,1-2H3/b25-17-. The topological polar surface area (TPSA) is 113 Å². The zero-order valence-corrected chi connectivity index (χ0v) is 22.6. The quantitative estimate of drug-likeness (QED) is 0.182. The zero-order chi connectivity index (χ0) is 28.2. The highest BCUT2D eigenvalue weighted by Gasteiger charge is 2.33. The summed E-state index contributed by atoms with van der Waals surface area (Å²) >= 11 is 1.25. The van der Waals surface area contributed by atoms with Gasteiger partial charge >= 0.3 is 5.97 Å². The van der Waals surface area contributed by atoms with Crippen LogP contribution in [0.1, 0.15) is 36.6 Å². The second-order valence-corrected chi connectivity index (χ2v) is 9.97. The van der Waals surface area contributed by atoms with Gasteiger partial charge in [-0.05, 0) is 49.2 Å². The number of aromatic nitrogens is 1. The van der Waals surface area contributed by atoms with Gasteiger partial charge in [0.2, 0.25) is 0 Å². The van der Waals surface area contributed by atoms with Crippen molar-refractivity contribution in [1.29, 1.82) is 0 Å². The minimum Gasteiger partial charge on any atom is -0.489 e. The molecule has 0 fully saturated rings. The summed E-state index contributed by atoms with van der Waals surface area (Å²) in [5.74, 6) is 0.0406. The third-order valence-electron chi connectivity index (χ3n) is 6.39. The summed E-state index contributed by atoms with van der Waals surface area (Å²) in [7, 11) is 0. The van der Waals surface area contributed by atoms with E-state index in [0.717, 1.165) is 11.1 Å². The molecule has 1 atom stereocenters. The summed E-state index contributed by atoms with van der Waals surface area (Å²) in [5.41, 5.74) is 2.62. The number of fused-ring (bicyclic) bond motifs is 1. The highest BCUT2D eigenvalue weighted by atomic mass is 32.1. The Bertz CT molecular complexity index is 1790. The molecule has 0 bridgehead atoms. The predicted octanol–water partition coefficient (Wildman–Crippen LogP) is 4.29. The summed E-state index contributed by atoms with van der Waals surface area (Å²) < 4.78 is 13.1. The van der Waals surface area contributed by atoms with Crippen LogP contribution in [0.4, 0.5) is 5.69 Å². The van der Waals surface area contributed by atoms with E-state index in [0.29, 0.717) is 31.9 Å². The van der Waals surface area contributed by atoms with E-state index in [4.69, 9.17) is 9.47 Å². The number of rotatable bonds is 8. The van der Waals surface area contributed by atoms with E-state index in [1.807, 2.05) is 30.3 Å². The highest BCUT2D eigenvalue weighted by Crippen LogP contribution is 2.30. The molecule has 1 aromatic heterocycles. The fourth-order valence-corrected chi connectivity index (χ4v) is 5.57. The highest BCUT2D eigenvalue weighted by molar-refractivity contribution is 7.07. The molecule has 0 saturated carbocycles. The third kappa shape index (κ3) is 5.34. The smallest absolute Gasteiger partial charge is 0.338 e. The lowest BCUT2D eigenvalue weighted by atomic mass is 9.96. The molecule has 2 heterocycles. The van der Waals surface area contributed by atoms with Crippen LogP contribution in [0.3, 0.4) is 0 Å². The Labute approximate surface area is 233 Å². The largest absolute Gasteiger partial charge is 0.489 e. The molecule has 40 heavy (non-hydrogen) atoms. The van der Waals surface area contributed by atoms with Crippen LogP contribution in [0, 0.1) is 10.1 Å². The van der Waals surface area contributed by atoms with E-state index in [1.54, 1.807) is 67.0 Å². The summed E-state index contributed by atoms with van der Waals surface area (Å²) in [6, 6.07) is 22.2. The first kappa shape index (κ1) is 26.8. The van der Waals surface area contributed by atoms with Crippen molar-refractivity contribution in [1.82, 2.24) is 4.57 Å². The van der Waals surface area contributed by atoms with Crippen molar-refractivity contribution in [3.05, 3.63) is 137 Å². The van der Waals surface area contributed by atoms with E-state index >= 15 is 0 Å². The van der Waals surface area contributed by atoms with Gasteiger partial charge in [-0.2, -0.15) is 0 Å². The average molecular weight is 556 g/mol. The van der Waals surface area contributed by atoms with Gasteiger partial charge in [0.1, 0.15) is 12.4 Å². The van der Waals surface area contributed by atoms with E-state index in [2.05, 4.69) is 4.99 Å². The summed E-state index contributed by atoms with van der Waals surface area (Å²) in [6.07, 6.45) is 1.76. The van der Waals surface area contributed by atoms with Gasteiger partial charge in [-0.15, -0.1) is 0 Å². The van der Waals surface area contributed by atoms with Gasteiger partial charge in [0.05, 0.1) is 38.9 Å². The number of carbonyl (C=O) groups excluding carboxylic acids is 1. The van der Waals surface area contributed by atoms with Crippen LogP contribution >= 0.6 is 11.3 Å². The molecular formula is C30H25N3O6S. The Morgan fingerprint density at radius 1 is 1.07 bits per heavy atom. The Morgan fingerprint density at radius 3 is 2.48 bits per heavy atom. The van der Waals surface area contributed by atoms with Gasteiger partial charge < -0.3 is 9.47 Å². The molecule has 10 heteroatoms. The number of para-hydroxylation sites is 1. The fourth-order valence-electron chi connectivity index (χ4n) is 4.53. The molecule has 0 saturated heterocycles. The molecule has 1 aliphatic rings. The molecule has 202 valence electrons. The number of thiazole rings is 1. The van der Waals surface area contributed by atoms with Gasteiger partial charge in [-0.25, -0.2) is 9.79 Å². The van der Waals surface area contributed by atoms with Crippen LogP contribution in [0.5, 0.6) is 5.75 Å². The lowest BCUT2D eigenvalue weighted by molar-refractivity contribution is -0.385. The number of ether oxygens (including phenoxy) is 2. The minimum absolute atomic E-state index is 0.00431. The Hall–Kier alpha value is -4.83. The van der Waals surface area contributed by atoms with Gasteiger partial charge in [0.15, 0.2) is 4.80 Å². The Balaban J connectivity index is 1.46. The van der Waals surface area contributed by atoms with Crippen molar-refractivity contribution < 1.29 is 19.2 Å². The number of nitro benzene ring substituents is 1. The van der Waals surface area contributed by atoms with Gasteiger partial charge in [-0.3, -0.25) is 19.5 Å². The van der Waals surface area contributed by atoms with Crippen LogP contribution in [-0.2, 0) is 16.1 Å². The monoisotopic (exact) mass is 555 g/mol. The molecule has 0 N–H and O–H groups in total. The maximum atomic E-state index is 13.7. The Morgan fingerprint density at radius 2 is 1.77 bits per heavy atom. The first-order valence-electron chi connectivity index (χ1n) is 12.6. The van der Waals surface area contributed by atoms with Crippen LogP contribution < -0.4 is 19.6 Å². The number of allylic oxidation sites excluding steroid dienone is 1. The van der Waals surface area contributed by atoms with Crippen molar-refractivity contribution in [2.75, 3.05) is 6.61 Å². The second kappa shape index (κ2) is 11.5. The predicted molar refractivity (Wildman–Crippen MR) is 151 cm³/mol. The Kier molecular flexibility index (Phi) is 7.70. The van der Waals surface area contributed by atoms with Crippen molar-refractivity contribution >= 4 is 29.1 Å².